The number of aliphatic imine (C=N–C) groups is 1. The van der Waals surface area contributed by atoms with Crippen molar-refractivity contribution in [2.75, 3.05) is 11.9 Å². The monoisotopic (exact) mass is 540 g/mol. The number of amides is 1. The second-order valence-corrected chi connectivity index (χ2v) is 8.56. The van der Waals surface area contributed by atoms with Crippen LogP contribution in [0.4, 0.5) is 10.5 Å². The smallest absolute Gasteiger partial charge is 0.415 e. The third-order valence-electron chi connectivity index (χ3n) is 4.72. The van der Waals surface area contributed by atoms with Gasteiger partial charge in [-0.2, -0.15) is 0 Å². The van der Waals surface area contributed by atoms with Crippen LogP contribution in [0.2, 0.25) is 0 Å². The fraction of sp³-hybridized carbons (Fsp3) is 0.478. The zero-order valence-corrected chi connectivity index (χ0v) is 21.2. The lowest BCUT2D eigenvalue weighted by Crippen LogP contribution is -2.38. The maximum absolute atomic E-state index is 12.8. The van der Waals surface area contributed by atoms with Gasteiger partial charge in [0, 0.05) is 19.6 Å². The van der Waals surface area contributed by atoms with Gasteiger partial charge in [-0.05, 0) is 69.9 Å². The largest absolute Gasteiger partial charge is 0.467 e. The highest BCUT2D eigenvalue weighted by atomic mass is 127. The van der Waals surface area contributed by atoms with Crippen LogP contribution in [0, 0.1) is 6.92 Å². The summed E-state index contributed by atoms with van der Waals surface area (Å²) in [5.74, 6) is 1.54. The highest BCUT2D eigenvalue weighted by Gasteiger charge is 2.37. The number of halogens is 1. The van der Waals surface area contributed by atoms with E-state index >= 15 is 0 Å². The molecule has 1 aliphatic rings. The minimum atomic E-state index is -0.513. The Morgan fingerprint density at radius 2 is 1.94 bits per heavy atom. The molecule has 0 atom stereocenters. The van der Waals surface area contributed by atoms with Crippen molar-refractivity contribution < 1.29 is 13.9 Å². The minimum absolute atomic E-state index is 0. The first-order valence-electron chi connectivity index (χ1n) is 10.4. The molecule has 1 heterocycles. The van der Waals surface area contributed by atoms with Crippen molar-refractivity contribution in [1.29, 1.82) is 0 Å². The fourth-order valence-electron chi connectivity index (χ4n) is 3.18. The number of nitrogens with one attached hydrogen (secondary N) is 2. The predicted octanol–water partition coefficient (Wildman–Crippen LogP) is 4.98. The Morgan fingerprint density at radius 3 is 2.48 bits per heavy atom. The zero-order chi connectivity index (χ0) is 21.7. The number of carbonyl (C=O) groups excluding carboxylic acids is 1. The summed E-state index contributed by atoms with van der Waals surface area (Å²) in [6.07, 6.45) is 3.40. The van der Waals surface area contributed by atoms with Crippen molar-refractivity contribution >= 4 is 41.7 Å². The molecule has 1 fully saturated rings. The normalized spacial score (nSPS) is 13.9. The molecule has 2 aromatic rings. The molecule has 1 aromatic carbocycles. The molecule has 1 aliphatic carbocycles. The summed E-state index contributed by atoms with van der Waals surface area (Å²) in [6, 6.07) is 10.1. The van der Waals surface area contributed by atoms with Crippen LogP contribution >= 0.6 is 24.0 Å². The molecule has 0 saturated heterocycles. The summed E-state index contributed by atoms with van der Waals surface area (Å²) in [6.45, 7) is 8.90. The molecular formula is C23H33IN4O3. The summed E-state index contributed by atoms with van der Waals surface area (Å²) < 4.78 is 11.0. The lowest BCUT2D eigenvalue weighted by Gasteiger charge is -2.28. The van der Waals surface area contributed by atoms with Crippen molar-refractivity contribution in [1.82, 2.24) is 10.6 Å². The first-order chi connectivity index (χ1) is 14.3. The molecule has 3 rings (SSSR count). The summed E-state index contributed by atoms with van der Waals surface area (Å²) >= 11 is 0. The third kappa shape index (κ3) is 7.45. The number of hydrogen-bond acceptors (Lipinski definition) is 4. The molecule has 8 heteroatoms. The number of benzene rings is 1. The second kappa shape index (κ2) is 10.9. The SMILES string of the molecule is CN=C(NCc1ccc(N(C(=O)OC(C)(C)C)C2CC2)c(C)c1)NCc1ccco1.I. The lowest BCUT2D eigenvalue weighted by molar-refractivity contribution is 0.0577. The Morgan fingerprint density at radius 1 is 1.23 bits per heavy atom. The number of furan rings is 1. The number of nitrogens with zero attached hydrogens (tertiary/aromatic N) is 2. The van der Waals surface area contributed by atoms with Crippen LogP contribution in [-0.4, -0.2) is 30.7 Å². The lowest BCUT2D eigenvalue weighted by atomic mass is 10.1. The standard InChI is InChI=1S/C23H32N4O3.HI/c1-16-13-17(14-25-21(24-5)26-15-19-7-6-12-29-19)8-11-20(16)27(18-9-10-18)22(28)30-23(2,3)4;/h6-8,11-13,18H,9-10,14-15H2,1-5H3,(H2,24,25,26);1H. The second-order valence-electron chi connectivity index (χ2n) is 8.56. The van der Waals surface area contributed by atoms with Crippen molar-refractivity contribution in [2.24, 2.45) is 4.99 Å². The number of ether oxygens (including phenoxy) is 1. The van der Waals surface area contributed by atoms with Gasteiger partial charge in [0.05, 0.1) is 18.5 Å². The van der Waals surface area contributed by atoms with E-state index in [1.165, 1.54) is 0 Å². The van der Waals surface area contributed by atoms with Gasteiger partial charge >= 0.3 is 6.09 Å². The molecule has 0 unspecified atom stereocenters. The van der Waals surface area contributed by atoms with Gasteiger partial charge in [0.25, 0.3) is 0 Å². The van der Waals surface area contributed by atoms with E-state index in [2.05, 4.69) is 21.7 Å². The Kier molecular flexibility index (Phi) is 8.79. The topological polar surface area (TPSA) is 79.1 Å². The number of guanidine groups is 1. The minimum Gasteiger partial charge on any atom is -0.467 e. The first-order valence-corrected chi connectivity index (χ1v) is 10.4. The molecule has 1 amide bonds. The fourth-order valence-corrected chi connectivity index (χ4v) is 3.18. The Labute approximate surface area is 201 Å². The van der Waals surface area contributed by atoms with E-state index < -0.39 is 5.60 Å². The first kappa shape index (κ1) is 25.0. The van der Waals surface area contributed by atoms with Crippen LogP contribution < -0.4 is 15.5 Å². The molecule has 0 aliphatic heterocycles. The number of anilines is 1. The Hall–Kier alpha value is -2.23. The maximum Gasteiger partial charge on any atom is 0.415 e. The summed E-state index contributed by atoms with van der Waals surface area (Å²) in [4.78, 5) is 18.8. The summed E-state index contributed by atoms with van der Waals surface area (Å²) in [5, 5.41) is 6.53. The molecular weight excluding hydrogens is 507 g/mol. The number of hydrogen-bond donors (Lipinski definition) is 2. The number of rotatable bonds is 6. The van der Waals surface area contributed by atoms with E-state index in [0.29, 0.717) is 19.0 Å². The van der Waals surface area contributed by atoms with Gasteiger partial charge in [-0.15, -0.1) is 24.0 Å². The third-order valence-corrected chi connectivity index (χ3v) is 4.72. The van der Waals surface area contributed by atoms with Gasteiger partial charge in [0.2, 0.25) is 0 Å². The van der Waals surface area contributed by atoms with Gasteiger partial charge in [-0.3, -0.25) is 9.89 Å². The van der Waals surface area contributed by atoms with Crippen LogP contribution in [0.1, 0.15) is 50.5 Å². The molecule has 1 saturated carbocycles. The number of aryl methyl sites for hydroxylation is 1. The van der Waals surface area contributed by atoms with Crippen LogP contribution in [0.5, 0.6) is 0 Å². The molecule has 0 bridgehead atoms. The van der Waals surface area contributed by atoms with E-state index in [4.69, 9.17) is 9.15 Å². The summed E-state index contributed by atoms with van der Waals surface area (Å²) in [7, 11) is 1.74. The quantitative estimate of drug-likeness (QED) is 0.307. The Balaban J connectivity index is 0.00000341. The molecule has 2 N–H and O–H groups in total. The van der Waals surface area contributed by atoms with Crippen molar-refractivity contribution in [3.8, 4) is 0 Å². The van der Waals surface area contributed by atoms with Crippen LogP contribution in [-0.2, 0) is 17.8 Å². The highest BCUT2D eigenvalue weighted by Crippen LogP contribution is 2.35. The van der Waals surface area contributed by atoms with Crippen LogP contribution in [0.25, 0.3) is 0 Å². The molecule has 0 spiro atoms. The van der Waals surface area contributed by atoms with E-state index in [1.807, 2.05) is 56.9 Å². The zero-order valence-electron chi connectivity index (χ0n) is 18.9. The van der Waals surface area contributed by atoms with Crippen LogP contribution in [0.3, 0.4) is 0 Å². The summed E-state index contributed by atoms with van der Waals surface area (Å²) in [5.41, 5.74) is 2.55. The van der Waals surface area contributed by atoms with E-state index in [1.54, 1.807) is 13.3 Å². The van der Waals surface area contributed by atoms with E-state index in [0.717, 1.165) is 35.4 Å². The van der Waals surface area contributed by atoms with E-state index in [9.17, 15) is 4.79 Å². The van der Waals surface area contributed by atoms with Gasteiger partial charge in [-0.25, -0.2) is 4.79 Å². The average Bonchev–Trinajstić information content (AvgIpc) is 3.36. The highest BCUT2D eigenvalue weighted by molar-refractivity contribution is 14.0. The van der Waals surface area contributed by atoms with E-state index in [-0.39, 0.29) is 36.1 Å². The number of carbonyl (C=O) groups is 1. The van der Waals surface area contributed by atoms with Gasteiger partial charge in [0.15, 0.2) is 5.96 Å². The molecule has 31 heavy (non-hydrogen) atoms. The van der Waals surface area contributed by atoms with Crippen molar-refractivity contribution in [3.63, 3.8) is 0 Å². The van der Waals surface area contributed by atoms with Crippen molar-refractivity contribution in [2.45, 2.75) is 65.3 Å². The van der Waals surface area contributed by atoms with Crippen LogP contribution in [0.15, 0.2) is 46.0 Å². The molecule has 1 aromatic heterocycles. The van der Waals surface area contributed by atoms with Gasteiger partial charge in [-0.1, -0.05) is 12.1 Å². The van der Waals surface area contributed by atoms with Gasteiger partial charge < -0.3 is 19.8 Å². The van der Waals surface area contributed by atoms with Crippen molar-refractivity contribution in [3.05, 3.63) is 53.5 Å². The molecule has 170 valence electrons. The molecule has 0 radical (unpaired) electrons. The molecule has 7 nitrogen and oxygen atoms in total. The predicted molar refractivity (Wildman–Crippen MR) is 134 cm³/mol. The van der Waals surface area contributed by atoms with Gasteiger partial charge in [0.1, 0.15) is 11.4 Å². The average molecular weight is 540 g/mol. The Bertz CT molecular complexity index is 887. The maximum atomic E-state index is 12.8.